The van der Waals surface area contributed by atoms with Gasteiger partial charge in [-0.3, -0.25) is 4.57 Å². The maximum absolute atomic E-state index is 11.7. The molecule has 4 heteroatoms. The van der Waals surface area contributed by atoms with Gasteiger partial charge in [0, 0.05) is 0 Å². The average Bonchev–Trinajstić information content (AvgIpc) is 2.63. The van der Waals surface area contributed by atoms with Crippen LogP contribution in [-0.2, 0) is 9.09 Å². The van der Waals surface area contributed by atoms with Gasteiger partial charge in [-0.05, 0) is 38.0 Å². The molecule has 2 rings (SSSR count). The molecule has 1 N–H and O–H groups in total. The quantitative estimate of drug-likeness (QED) is 0.718. The van der Waals surface area contributed by atoms with Gasteiger partial charge in [-0.25, -0.2) is 0 Å². The molecular formula is C9H17O3P. The van der Waals surface area contributed by atoms with Crippen LogP contribution in [0, 0.1) is 11.8 Å². The van der Waals surface area contributed by atoms with E-state index in [-0.39, 0.29) is 5.66 Å². The van der Waals surface area contributed by atoms with Crippen LogP contribution < -0.4 is 0 Å². The topological polar surface area (TPSA) is 46.5 Å². The molecule has 0 saturated heterocycles. The Hall–Kier alpha value is 0.150. The average molecular weight is 204 g/mol. The van der Waals surface area contributed by atoms with Crippen LogP contribution in [0.5, 0.6) is 0 Å². The Bertz CT molecular complexity index is 241. The van der Waals surface area contributed by atoms with Crippen molar-refractivity contribution in [3.8, 4) is 0 Å². The highest BCUT2D eigenvalue weighted by atomic mass is 31.2. The van der Waals surface area contributed by atoms with Gasteiger partial charge in [-0.2, -0.15) is 0 Å². The first kappa shape index (κ1) is 9.70. The molecule has 0 aliphatic heterocycles. The summed E-state index contributed by atoms with van der Waals surface area (Å²) in [5.41, 5.74) is -0.0498. The van der Waals surface area contributed by atoms with Crippen molar-refractivity contribution in [1.82, 2.24) is 0 Å². The Morgan fingerprint density at radius 1 is 1.46 bits per heavy atom. The normalized spacial score (nSPS) is 42.2. The van der Waals surface area contributed by atoms with E-state index in [9.17, 15) is 9.46 Å². The monoisotopic (exact) mass is 204 g/mol. The van der Waals surface area contributed by atoms with Crippen molar-refractivity contribution in [2.24, 2.45) is 11.8 Å². The zero-order valence-corrected chi connectivity index (χ0v) is 8.87. The highest BCUT2D eigenvalue weighted by Crippen LogP contribution is 2.61. The number of fused-ring (bicyclic) bond motifs is 2. The molecule has 0 amide bonds. The lowest BCUT2D eigenvalue weighted by atomic mass is 10.0. The summed E-state index contributed by atoms with van der Waals surface area (Å²) in [6.07, 6.45) is 4.46. The van der Waals surface area contributed by atoms with Gasteiger partial charge in [0.05, 0.1) is 12.3 Å². The Morgan fingerprint density at radius 2 is 2.23 bits per heavy atom. The SMILES string of the molecule is CCOP(=O)(O)[C@H]1C[C@@H]2CC[C@H]1C2. The maximum atomic E-state index is 11.7. The van der Waals surface area contributed by atoms with Crippen LogP contribution in [0.25, 0.3) is 0 Å². The molecule has 3 nitrogen and oxygen atoms in total. The predicted octanol–water partition coefficient (Wildman–Crippen LogP) is 2.40. The molecule has 0 spiro atoms. The van der Waals surface area contributed by atoms with E-state index in [0.717, 1.165) is 19.3 Å². The van der Waals surface area contributed by atoms with E-state index < -0.39 is 7.60 Å². The van der Waals surface area contributed by atoms with E-state index in [2.05, 4.69) is 0 Å². The van der Waals surface area contributed by atoms with Crippen molar-refractivity contribution in [1.29, 1.82) is 0 Å². The second-order valence-electron chi connectivity index (χ2n) is 4.22. The third kappa shape index (κ3) is 1.70. The Kier molecular flexibility index (Phi) is 2.52. The Balaban J connectivity index is 2.05. The Morgan fingerprint density at radius 3 is 2.69 bits per heavy atom. The van der Waals surface area contributed by atoms with E-state index in [0.29, 0.717) is 18.4 Å². The lowest BCUT2D eigenvalue weighted by Gasteiger charge is -2.25. The standard InChI is InChI=1S/C9H17O3P/c1-2-12-13(10,11)9-6-7-3-4-8(9)5-7/h7-9H,2-6H2,1H3,(H,10,11)/t7-,8+,9+/m1/s1. The van der Waals surface area contributed by atoms with Crippen molar-refractivity contribution in [3.63, 3.8) is 0 Å². The third-order valence-electron chi connectivity index (χ3n) is 3.43. The van der Waals surface area contributed by atoms with Gasteiger partial charge in [0.1, 0.15) is 0 Å². The molecule has 0 radical (unpaired) electrons. The summed E-state index contributed by atoms with van der Waals surface area (Å²) in [6.45, 7) is 2.12. The van der Waals surface area contributed by atoms with Crippen molar-refractivity contribution in [3.05, 3.63) is 0 Å². The summed E-state index contributed by atoms with van der Waals surface area (Å²) in [6, 6.07) is 0. The molecule has 2 fully saturated rings. The summed E-state index contributed by atoms with van der Waals surface area (Å²) < 4.78 is 16.7. The predicted molar refractivity (Wildman–Crippen MR) is 50.7 cm³/mol. The highest BCUT2D eigenvalue weighted by Gasteiger charge is 2.48. The number of hydrogen-bond donors (Lipinski definition) is 1. The van der Waals surface area contributed by atoms with Crippen LogP contribution in [0.3, 0.4) is 0 Å². The van der Waals surface area contributed by atoms with E-state index in [1.54, 1.807) is 6.92 Å². The zero-order chi connectivity index (χ0) is 9.47. The summed E-state index contributed by atoms with van der Waals surface area (Å²) >= 11 is 0. The van der Waals surface area contributed by atoms with Crippen LogP contribution in [0.15, 0.2) is 0 Å². The first-order valence-electron chi connectivity index (χ1n) is 5.10. The molecule has 2 aliphatic carbocycles. The van der Waals surface area contributed by atoms with Gasteiger partial charge in [0.15, 0.2) is 0 Å². The lowest BCUT2D eigenvalue weighted by Crippen LogP contribution is -2.18. The van der Waals surface area contributed by atoms with Crippen molar-refractivity contribution in [2.45, 2.75) is 38.3 Å². The molecule has 0 aromatic heterocycles. The smallest absolute Gasteiger partial charge is 0.324 e. The number of rotatable bonds is 3. The molecular weight excluding hydrogens is 187 g/mol. The van der Waals surface area contributed by atoms with Gasteiger partial charge in [-0.15, -0.1) is 0 Å². The van der Waals surface area contributed by atoms with Crippen molar-refractivity contribution < 1.29 is 14.0 Å². The first-order chi connectivity index (χ1) is 6.13. The molecule has 0 aromatic rings. The van der Waals surface area contributed by atoms with E-state index in [1.165, 1.54) is 6.42 Å². The van der Waals surface area contributed by atoms with E-state index in [4.69, 9.17) is 4.52 Å². The fourth-order valence-electron chi connectivity index (χ4n) is 2.89. The minimum atomic E-state index is -3.28. The van der Waals surface area contributed by atoms with Crippen LogP contribution in [0.1, 0.15) is 32.6 Å². The van der Waals surface area contributed by atoms with Gasteiger partial charge in [-0.1, -0.05) is 6.42 Å². The molecule has 2 aliphatic rings. The van der Waals surface area contributed by atoms with E-state index >= 15 is 0 Å². The summed E-state index contributed by atoms with van der Waals surface area (Å²) in [7, 11) is -3.28. The minimum Gasteiger partial charge on any atom is -0.324 e. The summed E-state index contributed by atoms with van der Waals surface area (Å²) in [5, 5.41) is 0. The molecule has 0 heterocycles. The Labute approximate surface area is 79.0 Å². The number of hydrogen-bond acceptors (Lipinski definition) is 2. The van der Waals surface area contributed by atoms with Gasteiger partial charge in [0.25, 0.3) is 0 Å². The van der Waals surface area contributed by atoms with Crippen LogP contribution in [0.2, 0.25) is 0 Å². The summed E-state index contributed by atoms with van der Waals surface area (Å²) in [5.74, 6) is 1.17. The highest BCUT2D eigenvalue weighted by molar-refractivity contribution is 7.53. The molecule has 2 bridgehead atoms. The van der Waals surface area contributed by atoms with Crippen molar-refractivity contribution in [2.75, 3.05) is 6.61 Å². The van der Waals surface area contributed by atoms with Gasteiger partial charge >= 0.3 is 7.60 Å². The maximum Gasteiger partial charge on any atom is 0.331 e. The second kappa shape index (κ2) is 3.38. The van der Waals surface area contributed by atoms with Crippen LogP contribution in [0.4, 0.5) is 0 Å². The fourth-order valence-corrected chi connectivity index (χ4v) is 4.82. The molecule has 4 atom stereocenters. The van der Waals surface area contributed by atoms with E-state index in [1.807, 2.05) is 0 Å². The minimum absolute atomic E-state index is 0.0498. The molecule has 76 valence electrons. The van der Waals surface area contributed by atoms with Crippen LogP contribution >= 0.6 is 7.60 Å². The first-order valence-corrected chi connectivity index (χ1v) is 6.75. The second-order valence-corrected chi connectivity index (χ2v) is 6.27. The largest absolute Gasteiger partial charge is 0.331 e. The third-order valence-corrected chi connectivity index (χ3v) is 5.53. The molecule has 13 heavy (non-hydrogen) atoms. The lowest BCUT2D eigenvalue weighted by molar-refractivity contribution is 0.252. The summed E-state index contributed by atoms with van der Waals surface area (Å²) in [4.78, 5) is 9.67. The van der Waals surface area contributed by atoms with Crippen molar-refractivity contribution >= 4 is 7.60 Å². The van der Waals surface area contributed by atoms with Gasteiger partial charge < -0.3 is 9.42 Å². The molecule has 2 saturated carbocycles. The molecule has 0 aromatic carbocycles. The van der Waals surface area contributed by atoms with Gasteiger partial charge in [0.2, 0.25) is 0 Å². The molecule has 1 unspecified atom stereocenters. The van der Waals surface area contributed by atoms with Crippen LogP contribution in [-0.4, -0.2) is 17.2 Å². The zero-order valence-electron chi connectivity index (χ0n) is 7.98. The fraction of sp³-hybridized carbons (Fsp3) is 1.00.